The molecule has 0 fully saturated rings. The van der Waals surface area contributed by atoms with Gasteiger partial charge in [-0.2, -0.15) is 0 Å². The molecular weight excluding hydrogens is 124 g/mol. The summed E-state index contributed by atoms with van der Waals surface area (Å²) in [5, 5.41) is 3.08. The van der Waals surface area contributed by atoms with Crippen LogP contribution in [-0.2, 0) is 0 Å². The molecule has 0 aromatic carbocycles. The van der Waals surface area contributed by atoms with Crippen molar-refractivity contribution in [1.29, 1.82) is 0 Å². The van der Waals surface area contributed by atoms with Crippen LogP contribution < -0.4 is 5.32 Å². The zero-order valence-electron chi connectivity index (χ0n) is 7.44. The minimum Gasteiger partial charge on any atom is -0.376 e. The Labute approximate surface area is 63.7 Å². The minimum atomic E-state index is 0.370. The summed E-state index contributed by atoms with van der Waals surface area (Å²) >= 11 is 0. The van der Waals surface area contributed by atoms with Crippen molar-refractivity contribution in [3.05, 3.63) is 0 Å². The lowest BCUT2D eigenvalue weighted by atomic mass is 9.93. The van der Waals surface area contributed by atoms with E-state index in [2.05, 4.69) is 24.2 Å². The van der Waals surface area contributed by atoms with Gasteiger partial charge in [-0.05, 0) is 0 Å². The third-order valence-corrected chi connectivity index (χ3v) is 1.28. The van der Waals surface area contributed by atoms with Crippen LogP contribution in [0, 0.1) is 5.41 Å². The molecule has 0 amide bonds. The van der Waals surface area contributed by atoms with E-state index < -0.39 is 0 Å². The second-order valence-corrected chi connectivity index (χ2v) is 3.01. The zero-order chi connectivity index (χ0) is 8.04. The van der Waals surface area contributed by atoms with Gasteiger partial charge in [0.2, 0.25) is 0 Å². The number of hydrogen-bond acceptors (Lipinski definition) is 2. The van der Waals surface area contributed by atoms with Crippen LogP contribution in [0.5, 0.6) is 0 Å². The van der Waals surface area contributed by atoms with Crippen LogP contribution in [-0.4, -0.2) is 19.4 Å². The first kappa shape index (κ1) is 9.47. The van der Waals surface area contributed by atoms with Crippen LogP contribution in [0.25, 0.3) is 0 Å². The average molecular weight is 142 g/mol. The van der Waals surface area contributed by atoms with Gasteiger partial charge in [0.05, 0.1) is 6.34 Å². The SMILES string of the molecule is CC.CC1(C)CN=CNC1. The predicted octanol–water partition coefficient (Wildman–Crippen LogP) is 1.67. The Morgan fingerprint density at radius 1 is 1.40 bits per heavy atom. The fourth-order valence-electron chi connectivity index (χ4n) is 0.735. The van der Waals surface area contributed by atoms with Crippen molar-refractivity contribution in [1.82, 2.24) is 5.32 Å². The van der Waals surface area contributed by atoms with Crippen LogP contribution in [0.2, 0.25) is 0 Å². The van der Waals surface area contributed by atoms with E-state index in [0.717, 1.165) is 13.1 Å². The largest absolute Gasteiger partial charge is 0.376 e. The van der Waals surface area contributed by atoms with Crippen molar-refractivity contribution in [2.75, 3.05) is 13.1 Å². The van der Waals surface area contributed by atoms with Gasteiger partial charge in [0.15, 0.2) is 0 Å². The molecule has 0 atom stereocenters. The number of nitrogens with one attached hydrogen (secondary N) is 1. The van der Waals surface area contributed by atoms with Crippen molar-refractivity contribution in [3.8, 4) is 0 Å². The highest BCUT2D eigenvalue weighted by atomic mass is 15.0. The number of nitrogens with zero attached hydrogens (tertiary/aromatic N) is 1. The van der Waals surface area contributed by atoms with Crippen LogP contribution >= 0.6 is 0 Å². The molecule has 1 N–H and O–H groups in total. The van der Waals surface area contributed by atoms with Gasteiger partial charge in [0, 0.05) is 18.5 Å². The smallest absolute Gasteiger partial charge is 0.0824 e. The van der Waals surface area contributed by atoms with E-state index in [4.69, 9.17) is 0 Å². The highest BCUT2D eigenvalue weighted by molar-refractivity contribution is 5.55. The lowest BCUT2D eigenvalue weighted by molar-refractivity contribution is 0.365. The van der Waals surface area contributed by atoms with E-state index >= 15 is 0 Å². The summed E-state index contributed by atoms with van der Waals surface area (Å²) in [5.74, 6) is 0. The molecule has 0 bridgehead atoms. The van der Waals surface area contributed by atoms with Gasteiger partial charge in [-0.15, -0.1) is 0 Å². The quantitative estimate of drug-likeness (QED) is 0.546. The monoisotopic (exact) mass is 142 g/mol. The van der Waals surface area contributed by atoms with Gasteiger partial charge in [-0.1, -0.05) is 27.7 Å². The molecule has 0 radical (unpaired) electrons. The van der Waals surface area contributed by atoms with Crippen molar-refractivity contribution in [3.63, 3.8) is 0 Å². The Hall–Kier alpha value is -0.530. The molecule has 0 saturated heterocycles. The molecule has 0 spiro atoms. The first-order chi connectivity index (χ1) is 4.71. The van der Waals surface area contributed by atoms with E-state index in [1.165, 1.54) is 0 Å². The molecular formula is C8H18N2. The van der Waals surface area contributed by atoms with Gasteiger partial charge >= 0.3 is 0 Å². The molecule has 2 heteroatoms. The van der Waals surface area contributed by atoms with E-state index in [1.54, 1.807) is 6.34 Å². The Morgan fingerprint density at radius 2 is 2.00 bits per heavy atom. The molecule has 2 nitrogen and oxygen atoms in total. The summed E-state index contributed by atoms with van der Waals surface area (Å²) in [5.41, 5.74) is 0.370. The third-order valence-electron chi connectivity index (χ3n) is 1.28. The lowest BCUT2D eigenvalue weighted by Gasteiger charge is -2.25. The molecule has 0 aromatic rings. The predicted molar refractivity (Wildman–Crippen MR) is 46.5 cm³/mol. The van der Waals surface area contributed by atoms with Gasteiger partial charge in [-0.25, -0.2) is 0 Å². The minimum absolute atomic E-state index is 0.370. The van der Waals surface area contributed by atoms with Crippen molar-refractivity contribution in [2.45, 2.75) is 27.7 Å². The van der Waals surface area contributed by atoms with Gasteiger partial charge in [0.25, 0.3) is 0 Å². The fraction of sp³-hybridized carbons (Fsp3) is 0.875. The molecule has 1 rings (SSSR count). The van der Waals surface area contributed by atoms with Crippen molar-refractivity contribution >= 4 is 6.34 Å². The topological polar surface area (TPSA) is 24.4 Å². The maximum Gasteiger partial charge on any atom is 0.0824 e. The molecule has 0 aromatic heterocycles. The van der Waals surface area contributed by atoms with E-state index in [9.17, 15) is 0 Å². The fourth-order valence-corrected chi connectivity index (χ4v) is 0.735. The van der Waals surface area contributed by atoms with Crippen molar-refractivity contribution in [2.24, 2.45) is 10.4 Å². The molecule has 1 heterocycles. The summed E-state index contributed by atoms with van der Waals surface area (Å²) in [7, 11) is 0. The maximum absolute atomic E-state index is 4.09. The number of aliphatic imine (C=N–C) groups is 1. The second-order valence-electron chi connectivity index (χ2n) is 3.01. The second kappa shape index (κ2) is 4.31. The van der Waals surface area contributed by atoms with Gasteiger partial charge in [0.1, 0.15) is 0 Å². The normalized spacial score (nSPS) is 20.4. The first-order valence-electron chi connectivity index (χ1n) is 3.92. The molecule has 1 aliphatic rings. The summed E-state index contributed by atoms with van der Waals surface area (Å²) in [6.45, 7) is 10.4. The van der Waals surface area contributed by atoms with Crippen LogP contribution in [0.15, 0.2) is 4.99 Å². The molecule has 0 aliphatic carbocycles. The average Bonchev–Trinajstić information content (AvgIpc) is 1.92. The summed E-state index contributed by atoms with van der Waals surface area (Å²) in [6.07, 6.45) is 1.78. The molecule has 0 saturated carbocycles. The Kier molecular flexibility index (Phi) is 4.08. The standard InChI is InChI=1S/C6H12N2.C2H6/c1-6(2)3-7-5-8-4-6;1-2/h5H,3-4H2,1-2H3,(H,7,8);1-2H3. The van der Waals surface area contributed by atoms with Crippen LogP contribution in [0.4, 0.5) is 0 Å². The Balaban J connectivity index is 0.000000371. The van der Waals surface area contributed by atoms with E-state index in [0.29, 0.717) is 5.41 Å². The number of hydrogen-bond donors (Lipinski definition) is 1. The van der Waals surface area contributed by atoms with Gasteiger partial charge in [-0.3, -0.25) is 4.99 Å². The molecule has 1 aliphatic heterocycles. The number of rotatable bonds is 0. The van der Waals surface area contributed by atoms with E-state index in [-0.39, 0.29) is 0 Å². The highest BCUT2D eigenvalue weighted by Crippen LogP contribution is 2.14. The first-order valence-corrected chi connectivity index (χ1v) is 3.92. The molecule has 0 unspecified atom stereocenters. The van der Waals surface area contributed by atoms with E-state index in [1.807, 2.05) is 13.8 Å². The summed E-state index contributed by atoms with van der Waals surface area (Å²) in [4.78, 5) is 4.09. The van der Waals surface area contributed by atoms with Crippen LogP contribution in [0.3, 0.4) is 0 Å². The molecule has 10 heavy (non-hydrogen) atoms. The van der Waals surface area contributed by atoms with Gasteiger partial charge < -0.3 is 5.32 Å². The lowest BCUT2D eigenvalue weighted by Crippen LogP contribution is -2.35. The van der Waals surface area contributed by atoms with Crippen LogP contribution in [0.1, 0.15) is 27.7 Å². The zero-order valence-corrected chi connectivity index (χ0v) is 7.44. The maximum atomic E-state index is 4.09. The summed E-state index contributed by atoms with van der Waals surface area (Å²) < 4.78 is 0. The van der Waals surface area contributed by atoms with Crippen molar-refractivity contribution < 1.29 is 0 Å². The molecule has 60 valence electrons. The Morgan fingerprint density at radius 3 is 2.20 bits per heavy atom. The highest BCUT2D eigenvalue weighted by Gasteiger charge is 2.17. The Bertz CT molecular complexity index is 106. The summed E-state index contributed by atoms with van der Waals surface area (Å²) in [6, 6.07) is 0. The third kappa shape index (κ3) is 3.49.